The van der Waals surface area contributed by atoms with Gasteiger partial charge < -0.3 is 10.6 Å². The molecule has 0 aliphatic carbocycles. The van der Waals surface area contributed by atoms with Crippen molar-refractivity contribution in [2.75, 3.05) is 13.1 Å². The molecular weight excluding hydrogens is 380 g/mol. The summed E-state index contributed by atoms with van der Waals surface area (Å²) in [7, 11) is 1.88. The van der Waals surface area contributed by atoms with E-state index in [0.717, 1.165) is 42.2 Å². The molecule has 0 spiro atoms. The maximum Gasteiger partial charge on any atom is 0.191 e. The smallest absolute Gasteiger partial charge is 0.191 e. The Kier molecular flexibility index (Phi) is 7.91. The zero-order valence-electron chi connectivity index (χ0n) is 15.2. The van der Waals surface area contributed by atoms with E-state index in [1.165, 1.54) is 5.56 Å². The Bertz CT molecular complexity index is 682. The van der Waals surface area contributed by atoms with Gasteiger partial charge in [0.1, 0.15) is 18.7 Å². The summed E-state index contributed by atoms with van der Waals surface area (Å²) in [6.45, 7) is 6.52. The number of hydrogen-bond donors (Lipinski definition) is 2. The van der Waals surface area contributed by atoms with Gasteiger partial charge in [-0.15, -0.1) is 0 Å². The number of guanidine groups is 1. The third kappa shape index (κ3) is 6.49. The van der Waals surface area contributed by atoms with Gasteiger partial charge in [-0.25, -0.2) is 9.98 Å². The molecule has 6 nitrogen and oxygen atoms in total. The van der Waals surface area contributed by atoms with E-state index in [1.54, 1.807) is 11.0 Å². The molecule has 136 valence electrons. The second-order valence-electron chi connectivity index (χ2n) is 5.98. The topological polar surface area (TPSA) is 67.1 Å². The molecule has 2 aromatic rings. The third-order valence-electron chi connectivity index (χ3n) is 4.08. The second-order valence-corrected chi connectivity index (χ2v) is 6.90. The molecule has 1 aromatic carbocycles. The lowest BCUT2D eigenvalue weighted by Crippen LogP contribution is -2.40. The standard InChI is InChI=1S/C18H27BrN6/c1-4-14(9-15-7-6-8-16(19)10-15)11-21-18(20-5-2)22-12-17-23-13-24-25(17)3/h6-8,10,13-14H,4-5,9,11-12H2,1-3H3,(H2,20,21,22). The van der Waals surface area contributed by atoms with Crippen molar-refractivity contribution in [3.63, 3.8) is 0 Å². The van der Waals surface area contributed by atoms with Gasteiger partial charge in [-0.1, -0.05) is 41.4 Å². The summed E-state index contributed by atoms with van der Waals surface area (Å²) in [5.74, 6) is 2.21. The van der Waals surface area contributed by atoms with Crippen LogP contribution in [0.15, 0.2) is 40.1 Å². The monoisotopic (exact) mass is 406 g/mol. The number of halogens is 1. The van der Waals surface area contributed by atoms with Gasteiger partial charge in [0.25, 0.3) is 0 Å². The summed E-state index contributed by atoms with van der Waals surface area (Å²) in [4.78, 5) is 8.82. The minimum Gasteiger partial charge on any atom is -0.357 e. The molecule has 25 heavy (non-hydrogen) atoms. The van der Waals surface area contributed by atoms with Crippen molar-refractivity contribution in [2.45, 2.75) is 33.2 Å². The van der Waals surface area contributed by atoms with E-state index in [2.05, 4.69) is 79.8 Å². The van der Waals surface area contributed by atoms with Crippen molar-refractivity contribution < 1.29 is 0 Å². The first kappa shape index (κ1) is 19.4. The van der Waals surface area contributed by atoms with E-state index in [0.29, 0.717) is 12.5 Å². The first-order valence-corrected chi connectivity index (χ1v) is 9.51. The van der Waals surface area contributed by atoms with Crippen molar-refractivity contribution >= 4 is 21.9 Å². The molecule has 0 saturated heterocycles. The fourth-order valence-corrected chi connectivity index (χ4v) is 3.00. The average molecular weight is 407 g/mol. The summed E-state index contributed by atoms with van der Waals surface area (Å²) in [5, 5.41) is 10.8. The third-order valence-corrected chi connectivity index (χ3v) is 4.57. The number of nitrogens with zero attached hydrogens (tertiary/aromatic N) is 4. The molecule has 0 bridgehead atoms. The molecule has 1 aromatic heterocycles. The highest BCUT2D eigenvalue weighted by molar-refractivity contribution is 9.10. The number of rotatable bonds is 8. The van der Waals surface area contributed by atoms with Crippen LogP contribution < -0.4 is 10.6 Å². The molecule has 0 aliphatic heterocycles. The van der Waals surface area contributed by atoms with Gasteiger partial charge in [-0.2, -0.15) is 5.10 Å². The highest BCUT2D eigenvalue weighted by Gasteiger charge is 2.09. The number of nitrogens with one attached hydrogen (secondary N) is 2. The molecule has 1 atom stereocenters. The molecule has 0 amide bonds. The Labute approximate surface area is 158 Å². The summed E-state index contributed by atoms with van der Waals surface area (Å²) < 4.78 is 2.88. The quantitative estimate of drug-likeness (QED) is 0.522. The number of aliphatic imine (C=N–C) groups is 1. The van der Waals surface area contributed by atoms with Crippen LogP contribution in [-0.2, 0) is 20.0 Å². The Hall–Kier alpha value is -1.89. The van der Waals surface area contributed by atoms with Crippen LogP contribution in [0.3, 0.4) is 0 Å². The van der Waals surface area contributed by atoms with Gasteiger partial charge in [-0.3, -0.25) is 4.68 Å². The van der Waals surface area contributed by atoms with Crippen LogP contribution >= 0.6 is 15.9 Å². The van der Waals surface area contributed by atoms with E-state index in [4.69, 9.17) is 0 Å². The van der Waals surface area contributed by atoms with Crippen LogP contribution in [0.2, 0.25) is 0 Å². The highest BCUT2D eigenvalue weighted by Crippen LogP contribution is 2.16. The summed E-state index contributed by atoms with van der Waals surface area (Å²) in [5.41, 5.74) is 1.35. The van der Waals surface area contributed by atoms with Gasteiger partial charge >= 0.3 is 0 Å². The molecule has 1 unspecified atom stereocenters. The first-order chi connectivity index (χ1) is 12.1. The normalized spacial score (nSPS) is 12.9. The van der Waals surface area contributed by atoms with E-state index < -0.39 is 0 Å². The molecule has 0 radical (unpaired) electrons. The molecule has 1 heterocycles. The van der Waals surface area contributed by atoms with Crippen LogP contribution in [-0.4, -0.2) is 33.8 Å². The van der Waals surface area contributed by atoms with Crippen molar-refractivity contribution in [2.24, 2.45) is 18.0 Å². The molecule has 0 fully saturated rings. The minimum atomic E-state index is 0.508. The molecule has 2 N–H and O–H groups in total. The lowest BCUT2D eigenvalue weighted by Gasteiger charge is -2.18. The largest absolute Gasteiger partial charge is 0.357 e. The maximum atomic E-state index is 4.61. The zero-order valence-corrected chi connectivity index (χ0v) is 16.8. The van der Waals surface area contributed by atoms with E-state index >= 15 is 0 Å². The van der Waals surface area contributed by atoms with Crippen molar-refractivity contribution in [1.82, 2.24) is 25.4 Å². The van der Waals surface area contributed by atoms with Gasteiger partial charge in [0.05, 0.1) is 0 Å². The highest BCUT2D eigenvalue weighted by atomic mass is 79.9. The zero-order chi connectivity index (χ0) is 18.1. The van der Waals surface area contributed by atoms with E-state index in [-0.39, 0.29) is 0 Å². The summed E-state index contributed by atoms with van der Waals surface area (Å²) in [6.07, 6.45) is 3.71. The lowest BCUT2D eigenvalue weighted by atomic mass is 9.97. The van der Waals surface area contributed by atoms with Gasteiger partial charge in [-0.05, 0) is 37.0 Å². The minimum absolute atomic E-state index is 0.508. The van der Waals surface area contributed by atoms with E-state index in [9.17, 15) is 0 Å². The SMILES string of the molecule is CCNC(=NCc1ncnn1C)NCC(CC)Cc1cccc(Br)c1. The van der Waals surface area contributed by atoms with Crippen LogP contribution in [0.1, 0.15) is 31.7 Å². The number of aromatic nitrogens is 3. The molecule has 0 aliphatic rings. The summed E-state index contributed by atoms with van der Waals surface area (Å²) >= 11 is 3.54. The van der Waals surface area contributed by atoms with Crippen molar-refractivity contribution in [1.29, 1.82) is 0 Å². The number of hydrogen-bond acceptors (Lipinski definition) is 3. The second kappa shape index (κ2) is 10.2. The Morgan fingerprint density at radius 2 is 2.16 bits per heavy atom. The molecule has 2 rings (SSSR count). The van der Waals surface area contributed by atoms with Crippen LogP contribution in [0.25, 0.3) is 0 Å². The predicted molar refractivity (Wildman–Crippen MR) is 105 cm³/mol. The number of aryl methyl sites for hydroxylation is 1. The van der Waals surface area contributed by atoms with Gasteiger partial charge in [0, 0.05) is 24.6 Å². The molecule has 0 saturated carbocycles. The van der Waals surface area contributed by atoms with Crippen molar-refractivity contribution in [3.05, 3.63) is 46.5 Å². The average Bonchev–Trinajstić information content (AvgIpc) is 3.01. The van der Waals surface area contributed by atoms with E-state index in [1.807, 2.05) is 7.05 Å². The Balaban J connectivity index is 1.92. The lowest BCUT2D eigenvalue weighted by molar-refractivity contribution is 0.493. The van der Waals surface area contributed by atoms with Crippen LogP contribution in [0, 0.1) is 5.92 Å². The van der Waals surface area contributed by atoms with Gasteiger partial charge in [0.15, 0.2) is 5.96 Å². The predicted octanol–water partition coefficient (Wildman–Crippen LogP) is 2.90. The molecular formula is C18H27BrN6. The Morgan fingerprint density at radius 1 is 1.32 bits per heavy atom. The fourth-order valence-electron chi connectivity index (χ4n) is 2.55. The fraction of sp³-hybridized carbons (Fsp3) is 0.500. The Morgan fingerprint density at radius 3 is 2.80 bits per heavy atom. The van der Waals surface area contributed by atoms with Gasteiger partial charge in [0.2, 0.25) is 0 Å². The summed E-state index contributed by atoms with van der Waals surface area (Å²) in [6, 6.07) is 8.52. The molecule has 7 heteroatoms. The van der Waals surface area contributed by atoms with Crippen molar-refractivity contribution in [3.8, 4) is 0 Å². The van der Waals surface area contributed by atoms with Crippen LogP contribution in [0.4, 0.5) is 0 Å². The maximum absolute atomic E-state index is 4.61. The first-order valence-electron chi connectivity index (χ1n) is 8.71. The number of benzene rings is 1. The van der Waals surface area contributed by atoms with Crippen LogP contribution in [0.5, 0.6) is 0 Å².